The van der Waals surface area contributed by atoms with Crippen LogP contribution in [-0.2, 0) is 0 Å². The van der Waals surface area contributed by atoms with Crippen molar-refractivity contribution in [3.63, 3.8) is 0 Å². The summed E-state index contributed by atoms with van der Waals surface area (Å²) in [6.45, 7) is 20.8. The average molecular weight is 591 g/mol. The highest BCUT2D eigenvalue weighted by Gasteiger charge is 2.50. The van der Waals surface area contributed by atoms with Gasteiger partial charge in [0.2, 0.25) is 0 Å². The minimum Gasteiger partial charge on any atom is -0.314 e. The molecule has 4 N–H and O–H groups in total. The first kappa shape index (κ1) is 31.1. The minimum atomic E-state index is -0.340. The molecule has 3 aliphatic rings. The van der Waals surface area contributed by atoms with Crippen LogP contribution in [0.4, 0.5) is 0 Å². The molecule has 2 aromatic carbocycles. The van der Waals surface area contributed by atoms with Crippen LogP contribution < -0.4 is 21.3 Å². The molecule has 4 nitrogen and oxygen atoms in total. The van der Waals surface area contributed by atoms with Crippen LogP contribution in [0.5, 0.6) is 0 Å². The van der Waals surface area contributed by atoms with E-state index in [1.54, 1.807) is 5.57 Å². The van der Waals surface area contributed by atoms with Crippen LogP contribution in [0.2, 0.25) is 0 Å². The summed E-state index contributed by atoms with van der Waals surface area (Å²) in [6.07, 6.45) is 3.75. The molecule has 6 heteroatoms. The van der Waals surface area contributed by atoms with Crippen molar-refractivity contribution in [3.8, 4) is 0 Å². The van der Waals surface area contributed by atoms with E-state index in [9.17, 15) is 0 Å². The van der Waals surface area contributed by atoms with Crippen molar-refractivity contribution in [2.75, 3.05) is 45.4 Å². The van der Waals surface area contributed by atoms with E-state index in [0.29, 0.717) is 12.1 Å². The molecular weight excluding hydrogens is 538 g/mol. The Kier molecular flexibility index (Phi) is 9.62. The monoisotopic (exact) mass is 590 g/mol. The van der Waals surface area contributed by atoms with Crippen LogP contribution in [0.1, 0.15) is 58.6 Å². The standard InChI is InChI=1S/C35H52N4P2/c1-33(2,3)41(34(4,5)6)24-28-29(35(40,30-22-36-17-19-38-30)31-23-37-18-20-39-31)21-27(25-13-9-7-10-14-25)32(28)26-15-11-8-12-16-26/h7-16,21,30-32,36-39H,17-20,22-24,40H2,1-6H3. The van der Waals surface area contributed by atoms with Gasteiger partial charge in [0, 0.05) is 62.4 Å². The van der Waals surface area contributed by atoms with Gasteiger partial charge >= 0.3 is 0 Å². The molecule has 2 aliphatic heterocycles. The van der Waals surface area contributed by atoms with Crippen LogP contribution in [0, 0.1) is 0 Å². The first-order valence-corrected chi connectivity index (χ1v) is 17.6. The number of allylic oxidation sites excluding steroid dienone is 3. The average Bonchev–Trinajstić information content (AvgIpc) is 3.36. The van der Waals surface area contributed by atoms with Gasteiger partial charge in [-0.1, -0.05) is 116 Å². The quantitative estimate of drug-likeness (QED) is 0.300. The molecule has 0 saturated carbocycles. The van der Waals surface area contributed by atoms with E-state index in [4.69, 9.17) is 0 Å². The second kappa shape index (κ2) is 12.7. The van der Waals surface area contributed by atoms with Crippen molar-refractivity contribution in [2.24, 2.45) is 0 Å². The molecule has 0 amide bonds. The Balaban J connectivity index is 1.77. The molecule has 2 saturated heterocycles. The summed E-state index contributed by atoms with van der Waals surface area (Å²) in [5, 5.41) is 15.7. The second-order valence-corrected chi connectivity index (χ2v) is 18.8. The van der Waals surface area contributed by atoms with Crippen molar-refractivity contribution < 1.29 is 0 Å². The third-order valence-electron chi connectivity index (χ3n) is 9.19. The Bertz CT molecular complexity index is 1180. The van der Waals surface area contributed by atoms with Gasteiger partial charge in [0.05, 0.1) is 0 Å². The molecule has 1 aliphatic carbocycles. The number of benzene rings is 2. The lowest BCUT2D eigenvalue weighted by molar-refractivity contribution is 0.281. The van der Waals surface area contributed by atoms with Gasteiger partial charge < -0.3 is 21.3 Å². The van der Waals surface area contributed by atoms with Gasteiger partial charge in [-0.25, -0.2) is 0 Å². The number of nitrogens with one attached hydrogen (secondary N) is 4. The molecule has 0 aromatic heterocycles. The Morgan fingerprint density at radius 2 is 1.24 bits per heavy atom. The fourth-order valence-electron chi connectivity index (χ4n) is 7.41. The third-order valence-corrected chi connectivity index (χ3v) is 14.2. The van der Waals surface area contributed by atoms with Crippen molar-refractivity contribution in [1.82, 2.24) is 21.3 Å². The molecule has 4 unspecified atom stereocenters. The smallest absolute Gasteiger partial charge is 0.0426 e. The lowest BCUT2D eigenvalue weighted by Gasteiger charge is -2.49. The van der Waals surface area contributed by atoms with Crippen molar-refractivity contribution in [2.45, 2.75) is 75.0 Å². The van der Waals surface area contributed by atoms with Gasteiger partial charge in [0.15, 0.2) is 0 Å². The zero-order chi connectivity index (χ0) is 29.3. The Morgan fingerprint density at radius 1 is 0.732 bits per heavy atom. The van der Waals surface area contributed by atoms with Gasteiger partial charge in [0.1, 0.15) is 0 Å². The van der Waals surface area contributed by atoms with Gasteiger partial charge in [-0.2, -0.15) is 0 Å². The second-order valence-electron chi connectivity index (χ2n) is 14.0. The first-order valence-electron chi connectivity index (χ1n) is 15.5. The summed E-state index contributed by atoms with van der Waals surface area (Å²) in [5.74, 6) is 0.247. The van der Waals surface area contributed by atoms with Crippen LogP contribution in [0.3, 0.4) is 0 Å². The predicted octanol–water partition coefficient (Wildman–Crippen LogP) is 5.98. The zero-order valence-electron chi connectivity index (χ0n) is 26.1. The van der Waals surface area contributed by atoms with Gasteiger partial charge in [-0.05, 0) is 44.3 Å². The molecule has 4 atom stereocenters. The molecule has 2 aromatic rings. The molecule has 0 spiro atoms. The van der Waals surface area contributed by atoms with E-state index in [2.05, 4.69) is 139 Å². The lowest BCUT2D eigenvalue weighted by atomic mass is 9.79. The molecule has 2 heterocycles. The molecule has 0 radical (unpaired) electrons. The SMILES string of the molecule is CC(C)(C)P(CC1=C(C(P)(C2CNCCN2)C2CNCCN2)C=C(c2ccccc2)C1c1ccccc1)C(C)(C)C. The molecule has 41 heavy (non-hydrogen) atoms. The highest BCUT2D eigenvalue weighted by atomic mass is 31.1. The Hall–Kier alpha value is -1.38. The maximum absolute atomic E-state index is 3.97. The molecule has 2 fully saturated rings. The van der Waals surface area contributed by atoms with E-state index < -0.39 is 0 Å². The van der Waals surface area contributed by atoms with E-state index in [1.807, 2.05) is 0 Å². The van der Waals surface area contributed by atoms with E-state index in [0.717, 1.165) is 45.4 Å². The van der Waals surface area contributed by atoms with Crippen LogP contribution in [-0.4, -0.2) is 73.0 Å². The molecule has 222 valence electrons. The van der Waals surface area contributed by atoms with Gasteiger partial charge in [0.25, 0.3) is 0 Å². The third kappa shape index (κ3) is 6.59. The fraction of sp³-hybridized carbons (Fsp3) is 0.543. The van der Waals surface area contributed by atoms with Crippen LogP contribution in [0.15, 0.2) is 77.9 Å². The lowest BCUT2D eigenvalue weighted by Crippen LogP contribution is -2.68. The Labute approximate surface area is 253 Å². The van der Waals surface area contributed by atoms with E-state index in [1.165, 1.54) is 22.3 Å². The molecule has 0 bridgehead atoms. The number of rotatable bonds is 7. The van der Waals surface area contributed by atoms with E-state index in [-0.39, 0.29) is 29.3 Å². The molecule has 5 rings (SSSR count). The number of hydrogen-bond acceptors (Lipinski definition) is 4. The normalized spacial score (nSPS) is 25.8. The summed E-state index contributed by atoms with van der Waals surface area (Å²) in [7, 11) is 3.11. The van der Waals surface area contributed by atoms with E-state index >= 15 is 0 Å². The fourth-order valence-corrected chi connectivity index (χ4v) is 11.8. The first-order chi connectivity index (χ1) is 19.5. The predicted molar refractivity (Wildman–Crippen MR) is 184 cm³/mol. The number of piperazine rings is 2. The maximum atomic E-state index is 3.97. The van der Waals surface area contributed by atoms with Gasteiger partial charge in [-0.3, -0.25) is 0 Å². The summed E-state index contributed by atoms with van der Waals surface area (Å²) < 4.78 is 0. The summed E-state index contributed by atoms with van der Waals surface area (Å²) in [5.41, 5.74) is 7.34. The topological polar surface area (TPSA) is 48.1 Å². The minimum absolute atomic E-state index is 0.170. The largest absolute Gasteiger partial charge is 0.314 e. The number of hydrogen-bond donors (Lipinski definition) is 4. The highest BCUT2D eigenvalue weighted by Crippen LogP contribution is 2.63. The van der Waals surface area contributed by atoms with Crippen LogP contribution >= 0.6 is 17.2 Å². The summed E-state index contributed by atoms with van der Waals surface area (Å²) >= 11 is 0. The molecular formula is C35H52N4P2. The maximum Gasteiger partial charge on any atom is 0.0426 e. The summed E-state index contributed by atoms with van der Waals surface area (Å²) in [6, 6.07) is 23.1. The van der Waals surface area contributed by atoms with Crippen molar-refractivity contribution in [1.29, 1.82) is 0 Å². The zero-order valence-corrected chi connectivity index (χ0v) is 28.1. The van der Waals surface area contributed by atoms with Crippen LogP contribution in [0.25, 0.3) is 5.57 Å². The highest BCUT2D eigenvalue weighted by molar-refractivity contribution is 7.61. The van der Waals surface area contributed by atoms with Crippen molar-refractivity contribution >= 4 is 22.7 Å². The van der Waals surface area contributed by atoms with Crippen molar-refractivity contribution in [3.05, 3.63) is 89.0 Å². The summed E-state index contributed by atoms with van der Waals surface area (Å²) in [4.78, 5) is 0. The Morgan fingerprint density at radius 3 is 1.71 bits per heavy atom. The van der Waals surface area contributed by atoms with Gasteiger partial charge in [-0.15, -0.1) is 9.24 Å².